The Bertz CT molecular complexity index is 113. The number of alkyl halides is 1. The normalized spacial score (nSPS) is 16.9. The average Bonchev–Trinajstić information content (AvgIpc) is 1.59. The molecule has 0 saturated heterocycles. The van der Waals surface area contributed by atoms with Gasteiger partial charge >= 0.3 is 5.97 Å². The lowest BCUT2D eigenvalue weighted by molar-refractivity contribution is -0.143. The Hall–Kier alpha value is -0.0500. The number of carboxylic acid groups (broad SMARTS) is 1. The van der Waals surface area contributed by atoms with Crippen LogP contribution in [0.5, 0.6) is 0 Å². The van der Waals surface area contributed by atoms with Crippen LogP contribution in [-0.4, -0.2) is 15.9 Å². The van der Waals surface area contributed by atoms with Crippen molar-refractivity contribution in [2.75, 3.05) is 0 Å². The molecule has 0 aromatic carbocycles. The predicted octanol–water partition coefficient (Wildman–Crippen LogP) is 2.13. The standard InChI is InChI=1S/C7H13BrO2/c1-4(2)6(5(3)8)7(9)10/h4-6H,1-3H3,(H,9,10). The first-order valence-electron chi connectivity index (χ1n) is 3.33. The Labute approximate surface area is 69.8 Å². The molecule has 0 aliphatic rings. The van der Waals surface area contributed by atoms with Gasteiger partial charge in [-0.25, -0.2) is 0 Å². The summed E-state index contributed by atoms with van der Waals surface area (Å²) in [5, 5.41) is 8.68. The second kappa shape index (κ2) is 3.96. The molecule has 0 rings (SSSR count). The van der Waals surface area contributed by atoms with Crippen molar-refractivity contribution in [3.63, 3.8) is 0 Å². The van der Waals surface area contributed by atoms with Gasteiger partial charge in [0.1, 0.15) is 0 Å². The molecular formula is C7H13BrO2. The van der Waals surface area contributed by atoms with E-state index in [4.69, 9.17) is 5.11 Å². The van der Waals surface area contributed by atoms with Crippen LogP contribution < -0.4 is 0 Å². The molecule has 0 aliphatic carbocycles. The fraction of sp³-hybridized carbons (Fsp3) is 0.857. The molecular weight excluding hydrogens is 196 g/mol. The Morgan fingerprint density at radius 1 is 1.40 bits per heavy atom. The van der Waals surface area contributed by atoms with Gasteiger partial charge in [-0.05, 0) is 5.92 Å². The third-order valence-electron chi connectivity index (χ3n) is 1.50. The molecule has 0 amide bonds. The number of carbonyl (C=O) groups is 1. The van der Waals surface area contributed by atoms with Gasteiger partial charge in [-0.2, -0.15) is 0 Å². The average molecular weight is 209 g/mol. The second-order valence-corrected chi connectivity index (χ2v) is 4.23. The highest BCUT2D eigenvalue weighted by atomic mass is 79.9. The van der Waals surface area contributed by atoms with E-state index in [2.05, 4.69) is 15.9 Å². The van der Waals surface area contributed by atoms with Crippen LogP contribution in [0.3, 0.4) is 0 Å². The zero-order chi connectivity index (χ0) is 8.31. The van der Waals surface area contributed by atoms with E-state index in [-0.39, 0.29) is 16.7 Å². The van der Waals surface area contributed by atoms with E-state index in [9.17, 15) is 4.79 Å². The van der Waals surface area contributed by atoms with Crippen LogP contribution in [0.25, 0.3) is 0 Å². The number of rotatable bonds is 3. The van der Waals surface area contributed by atoms with Gasteiger partial charge in [-0.15, -0.1) is 0 Å². The zero-order valence-electron chi connectivity index (χ0n) is 6.47. The number of carboxylic acids is 1. The van der Waals surface area contributed by atoms with E-state index < -0.39 is 5.97 Å². The maximum Gasteiger partial charge on any atom is 0.307 e. The molecule has 0 aromatic heterocycles. The Morgan fingerprint density at radius 2 is 1.80 bits per heavy atom. The lowest BCUT2D eigenvalue weighted by Gasteiger charge is -2.17. The SMILES string of the molecule is CC(C)C(C(=O)O)C(C)Br. The summed E-state index contributed by atoms with van der Waals surface area (Å²) >= 11 is 3.26. The molecule has 0 aromatic rings. The molecule has 0 radical (unpaired) electrons. The van der Waals surface area contributed by atoms with Crippen molar-refractivity contribution >= 4 is 21.9 Å². The number of hydrogen-bond acceptors (Lipinski definition) is 1. The molecule has 1 N–H and O–H groups in total. The minimum absolute atomic E-state index is 0.0463. The molecule has 60 valence electrons. The summed E-state index contributed by atoms with van der Waals surface area (Å²) in [4.78, 5) is 10.6. The van der Waals surface area contributed by atoms with Crippen molar-refractivity contribution < 1.29 is 9.90 Å². The lowest BCUT2D eigenvalue weighted by atomic mass is 9.94. The minimum atomic E-state index is -0.723. The molecule has 10 heavy (non-hydrogen) atoms. The van der Waals surface area contributed by atoms with Crippen molar-refractivity contribution in [2.45, 2.75) is 25.6 Å². The fourth-order valence-corrected chi connectivity index (χ4v) is 1.85. The fourth-order valence-electron chi connectivity index (χ4n) is 1.01. The van der Waals surface area contributed by atoms with Crippen LogP contribution in [-0.2, 0) is 4.79 Å². The van der Waals surface area contributed by atoms with Crippen molar-refractivity contribution in [3.05, 3.63) is 0 Å². The van der Waals surface area contributed by atoms with Crippen LogP contribution in [0.15, 0.2) is 0 Å². The van der Waals surface area contributed by atoms with E-state index in [0.717, 1.165) is 0 Å². The van der Waals surface area contributed by atoms with Gasteiger partial charge in [0.25, 0.3) is 0 Å². The molecule has 0 saturated carbocycles. The van der Waals surface area contributed by atoms with Gasteiger partial charge in [0.05, 0.1) is 5.92 Å². The van der Waals surface area contributed by atoms with Crippen LogP contribution in [0.1, 0.15) is 20.8 Å². The second-order valence-electron chi connectivity index (χ2n) is 2.79. The van der Waals surface area contributed by atoms with Gasteiger partial charge in [0.2, 0.25) is 0 Å². The minimum Gasteiger partial charge on any atom is -0.481 e. The number of halogens is 1. The third-order valence-corrected chi connectivity index (χ3v) is 2.07. The first-order chi connectivity index (χ1) is 4.46. The predicted molar refractivity (Wildman–Crippen MR) is 44.4 cm³/mol. The maximum absolute atomic E-state index is 10.6. The molecule has 0 fully saturated rings. The summed E-state index contributed by atoms with van der Waals surface area (Å²) in [5.74, 6) is -0.814. The Balaban J connectivity index is 4.12. The highest BCUT2D eigenvalue weighted by molar-refractivity contribution is 9.09. The highest BCUT2D eigenvalue weighted by Crippen LogP contribution is 2.20. The molecule has 0 heterocycles. The van der Waals surface area contributed by atoms with Gasteiger partial charge in [-0.1, -0.05) is 36.7 Å². The maximum atomic E-state index is 10.6. The zero-order valence-corrected chi connectivity index (χ0v) is 8.05. The summed E-state index contributed by atoms with van der Waals surface area (Å²) in [6, 6.07) is 0. The number of aliphatic carboxylic acids is 1. The first kappa shape index (κ1) is 9.95. The molecule has 2 nitrogen and oxygen atoms in total. The van der Waals surface area contributed by atoms with E-state index in [1.165, 1.54) is 0 Å². The molecule has 2 unspecified atom stereocenters. The van der Waals surface area contributed by atoms with Gasteiger partial charge < -0.3 is 5.11 Å². The molecule has 0 bridgehead atoms. The van der Waals surface area contributed by atoms with Gasteiger partial charge in [0.15, 0.2) is 0 Å². The van der Waals surface area contributed by atoms with E-state index in [0.29, 0.717) is 0 Å². The first-order valence-corrected chi connectivity index (χ1v) is 4.25. The summed E-state index contributed by atoms with van der Waals surface area (Å²) in [5.41, 5.74) is 0. The quantitative estimate of drug-likeness (QED) is 0.723. The van der Waals surface area contributed by atoms with Crippen molar-refractivity contribution in [1.82, 2.24) is 0 Å². The summed E-state index contributed by atoms with van der Waals surface area (Å²) < 4.78 is 0. The largest absolute Gasteiger partial charge is 0.481 e. The van der Waals surface area contributed by atoms with Gasteiger partial charge in [0, 0.05) is 4.83 Å². The molecule has 0 spiro atoms. The molecule has 3 heteroatoms. The van der Waals surface area contributed by atoms with Crippen LogP contribution in [0.2, 0.25) is 0 Å². The van der Waals surface area contributed by atoms with E-state index >= 15 is 0 Å². The topological polar surface area (TPSA) is 37.3 Å². The van der Waals surface area contributed by atoms with Crippen LogP contribution >= 0.6 is 15.9 Å². The van der Waals surface area contributed by atoms with E-state index in [1.54, 1.807) is 0 Å². The lowest BCUT2D eigenvalue weighted by Crippen LogP contribution is -2.26. The van der Waals surface area contributed by atoms with Crippen molar-refractivity contribution in [2.24, 2.45) is 11.8 Å². The highest BCUT2D eigenvalue weighted by Gasteiger charge is 2.25. The van der Waals surface area contributed by atoms with Crippen LogP contribution in [0.4, 0.5) is 0 Å². The van der Waals surface area contributed by atoms with Crippen LogP contribution in [0, 0.1) is 11.8 Å². The third kappa shape index (κ3) is 2.69. The molecule has 2 atom stereocenters. The van der Waals surface area contributed by atoms with Crippen molar-refractivity contribution in [3.8, 4) is 0 Å². The van der Waals surface area contributed by atoms with Crippen molar-refractivity contribution in [1.29, 1.82) is 0 Å². The summed E-state index contributed by atoms with van der Waals surface area (Å²) in [6.45, 7) is 5.69. The van der Waals surface area contributed by atoms with E-state index in [1.807, 2.05) is 20.8 Å². The Kier molecular flexibility index (Phi) is 3.94. The monoisotopic (exact) mass is 208 g/mol. The summed E-state index contributed by atoms with van der Waals surface area (Å²) in [7, 11) is 0. The summed E-state index contributed by atoms with van der Waals surface area (Å²) in [6.07, 6.45) is 0. The van der Waals surface area contributed by atoms with Gasteiger partial charge in [-0.3, -0.25) is 4.79 Å². The smallest absolute Gasteiger partial charge is 0.307 e. The molecule has 0 aliphatic heterocycles. The Morgan fingerprint density at radius 3 is 1.80 bits per heavy atom. The number of hydrogen-bond donors (Lipinski definition) is 1.